The molecule has 3 fully saturated rings. The summed E-state index contributed by atoms with van der Waals surface area (Å²) < 4.78 is 2.10. The summed E-state index contributed by atoms with van der Waals surface area (Å²) in [5.41, 5.74) is -0.365. The molecule has 3 aliphatic heterocycles. The fourth-order valence-corrected chi connectivity index (χ4v) is 4.66. The Hall–Kier alpha value is -2.46. The molecule has 1 aromatic heterocycles. The van der Waals surface area contributed by atoms with Crippen LogP contribution in [0.5, 0.6) is 0 Å². The molecule has 4 heterocycles. The molecule has 2 N–H and O–H groups in total. The third-order valence-electron chi connectivity index (χ3n) is 6.24. The second-order valence-corrected chi connectivity index (χ2v) is 7.93. The van der Waals surface area contributed by atoms with Crippen molar-refractivity contribution in [3.05, 3.63) is 18.2 Å². The van der Waals surface area contributed by atoms with Gasteiger partial charge in [-0.1, -0.05) is 0 Å². The van der Waals surface area contributed by atoms with Crippen LogP contribution in [0.1, 0.15) is 12.7 Å². The maximum atomic E-state index is 12.6. The highest BCUT2D eigenvalue weighted by molar-refractivity contribution is 6.04. The van der Waals surface area contributed by atoms with Crippen molar-refractivity contribution in [2.24, 2.45) is 11.3 Å². The van der Waals surface area contributed by atoms with Crippen molar-refractivity contribution in [3.63, 3.8) is 0 Å². The molecular weight excluding hydrogens is 364 g/mol. The quantitative estimate of drug-likeness (QED) is 0.585. The van der Waals surface area contributed by atoms with Crippen LogP contribution in [0.2, 0.25) is 0 Å². The molecule has 3 saturated heterocycles. The standard InChI is InChI=1S/C18H26N6O4/c1-2-22-4-3-19-14(22)8-21-6-13-7-23(11-18(13,10-21)12-25)16(27)9-24-15(26)5-20-17(24)28/h3-4,13,25H,2,5-12H2,1H3,(H,20,28). The third kappa shape index (κ3) is 3.16. The summed E-state index contributed by atoms with van der Waals surface area (Å²) in [6.07, 6.45) is 3.76. The summed E-state index contributed by atoms with van der Waals surface area (Å²) in [5.74, 6) is 0.532. The van der Waals surface area contributed by atoms with E-state index in [2.05, 4.69) is 26.7 Å². The lowest BCUT2D eigenvalue weighted by molar-refractivity contribution is -0.136. The molecule has 4 rings (SSSR count). The Kier molecular flexibility index (Phi) is 4.84. The number of hydrogen-bond donors (Lipinski definition) is 2. The lowest BCUT2D eigenvalue weighted by atomic mass is 9.82. The number of rotatable bonds is 6. The molecule has 3 aliphatic rings. The SMILES string of the molecule is CCn1ccnc1CN1CC2CN(C(=O)CN3C(=O)CNC3=O)CC2(CO)C1. The maximum absolute atomic E-state index is 12.6. The molecule has 2 unspecified atom stereocenters. The van der Waals surface area contributed by atoms with E-state index in [1.165, 1.54) is 0 Å². The van der Waals surface area contributed by atoms with Gasteiger partial charge in [-0.2, -0.15) is 0 Å². The van der Waals surface area contributed by atoms with E-state index in [0.29, 0.717) is 19.6 Å². The normalized spacial score (nSPS) is 27.6. The van der Waals surface area contributed by atoms with Crippen LogP contribution in [0, 0.1) is 11.3 Å². The van der Waals surface area contributed by atoms with Gasteiger partial charge in [-0.15, -0.1) is 0 Å². The Morgan fingerprint density at radius 1 is 1.36 bits per heavy atom. The first kappa shape index (κ1) is 18.9. The number of aliphatic hydroxyl groups excluding tert-OH is 1. The first-order valence-electron chi connectivity index (χ1n) is 9.65. The molecule has 0 aromatic carbocycles. The van der Waals surface area contributed by atoms with E-state index in [1.807, 2.05) is 6.20 Å². The fraction of sp³-hybridized carbons (Fsp3) is 0.667. The summed E-state index contributed by atoms with van der Waals surface area (Å²) in [5, 5.41) is 12.5. The molecule has 0 radical (unpaired) electrons. The van der Waals surface area contributed by atoms with E-state index in [4.69, 9.17) is 0 Å². The topological polar surface area (TPSA) is 111 Å². The number of aryl methyl sites for hydroxylation is 1. The Labute approximate surface area is 163 Å². The van der Waals surface area contributed by atoms with Crippen molar-refractivity contribution in [3.8, 4) is 0 Å². The van der Waals surface area contributed by atoms with Gasteiger partial charge in [0.15, 0.2) is 0 Å². The smallest absolute Gasteiger partial charge is 0.325 e. The van der Waals surface area contributed by atoms with E-state index in [-0.39, 0.29) is 42.8 Å². The minimum absolute atomic E-state index is 0.00327. The highest BCUT2D eigenvalue weighted by Crippen LogP contribution is 2.42. The van der Waals surface area contributed by atoms with Crippen molar-refractivity contribution in [2.45, 2.75) is 20.0 Å². The molecule has 0 saturated carbocycles. The minimum atomic E-state index is -0.521. The first-order chi connectivity index (χ1) is 13.5. The predicted molar refractivity (Wildman–Crippen MR) is 97.9 cm³/mol. The molecule has 2 atom stereocenters. The highest BCUT2D eigenvalue weighted by Gasteiger charge is 2.53. The van der Waals surface area contributed by atoms with Gasteiger partial charge in [0.05, 0.1) is 19.7 Å². The Balaban J connectivity index is 1.39. The second kappa shape index (κ2) is 7.17. The second-order valence-electron chi connectivity index (χ2n) is 7.93. The number of urea groups is 1. The first-order valence-corrected chi connectivity index (χ1v) is 9.65. The van der Waals surface area contributed by atoms with Crippen LogP contribution in [-0.2, 0) is 22.7 Å². The van der Waals surface area contributed by atoms with Gasteiger partial charge in [-0.3, -0.25) is 19.4 Å². The molecule has 0 aliphatic carbocycles. The van der Waals surface area contributed by atoms with Gasteiger partial charge in [0.2, 0.25) is 5.91 Å². The summed E-state index contributed by atoms with van der Waals surface area (Å²) >= 11 is 0. The molecule has 10 nitrogen and oxygen atoms in total. The van der Waals surface area contributed by atoms with E-state index >= 15 is 0 Å². The number of aliphatic hydroxyl groups is 1. The van der Waals surface area contributed by atoms with Crippen LogP contribution in [0.15, 0.2) is 12.4 Å². The molecule has 0 spiro atoms. The molecule has 1 aromatic rings. The van der Waals surface area contributed by atoms with Crippen molar-refractivity contribution >= 4 is 17.8 Å². The van der Waals surface area contributed by atoms with Gasteiger partial charge in [0, 0.05) is 50.5 Å². The molecule has 10 heteroatoms. The van der Waals surface area contributed by atoms with Gasteiger partial charge in [0.1, 0.15) is 12.4 Å². The Morgan fingerprint density at radius 2 is 2.18 bits per heavy atom. The zero-order chi connectivity index (χ0) is 19.9. The average Bonchev–Trinajstić information content (AvgIpc) is 3.41. The number of amides is 4. The van der Waals surface area contributed by atoms with E-state index < -0.39 is 6.03 Å². The van der Waals surface area contributed by atoms with E-state index in [1.54, 1.807) is 11.1 Å². The van der Waals surface area contributed by atoms with Crippen molar-refractivity contribution in [2.75, 3.05) is 45.9 Å². The highest BCUT2D eigenvalue weighted by atomic mass is 16.3. The summed E-state index contributed by atoms with van der Waals surface area (Å²) in [4.78, 5) is 45.4. The summed E-state index contributed by atoms with van der Waals surface area (Å²) in [6.45, 7) is 5.81. The Morgan fingerprint density at radius 3 is 2.82 bits per heavy atom. The number of carbonyl (C=O) groups is 3. The summed E-state index contributed by atoms with van der Waals surface area (Å²) in [7, 11) is 0. The number of imide groups is 1. The van der Waals surface area contributed by atoms with Gasteiger partial charge >= 0.3 is 6.03 Å². The van der Waals surface area contributed by atoms with Gasteiger partial charge < -0.3 is 19.9 Å². The molecule has 4 amide bonds. The number of hydrogen-bond acceptors (Lipinski definition) is 6. The number of likely N-dealkylation sites (tertiary alicyclic amines) is 2. The van der Waals surface area contributed by atoms with Gasteiger partial charge in [0.25, 0.3) is 5.91 Å². The van der Waals surface area contributed by atoms with Crippen LogP contribution in [0.4, 0.5) is 4.79 Å². The van der Waals surface area contributed by atoms with Gasteiger partial charge in [-0.25, -0.2) is 9.78 Å². The summed E-state index contributed by atoms with van der Waals surface area (Å²) in [6, 6.07) is -0.521. The maximum Gasteiger partial charge on any atom is 0.325 e. The number of nitrogens with one attached hydrogen (secondary N) is 1. The van der Waals surface area contributed by atoms with Crippen LogP contribution in [-0.4, -0.2) is 93.1 Å². The molecule has 0 bridgehead atoms. The van der Waals surface area contributed by atoms with Crippen molar-refractivity contribution < 1.29 is 19.5 Å². The molecule has 28 heavy (non-hydrogen) atoms. The number of fused-ring (bicyclic) bond motifs is 1. The number of carbonyl (C=O) groups excluding carboxylic acids is 3. The lowest BCUT2D eigenvalue weighted by Gasteiger charge is -2.27. The van der Waals surface area contributed by atoms with Crippen molar-refractivity contribution in [1.82, 2.24) is 29.6 Å². The predicted octanol–water partition coefficient (Wildman–Crippen LogP) is -1.29. The fourth-order valence-electron chi connectivity index (χ4n) is 4.66. The van der Waals surface area contributed by atoms with Gasteiger partial charge in [-0.05, 0) is 12.8 Å². The van der Waals surface area contributed by atoms with Crippen molar-refractivity contribution in [1.29, 1.82) is 0 Å². The van der Waals surface area contributed by atoms with Crippen LogP contribution in [0.3, 0.4) is 0 Å². The number of aromatic nitrogens is 2. The lowest BCUT2D eigenvalue weighted by Crippen LogP contribution is -2.44. The average molecular weight is 390 g/mol. The van der Waals surface area contributed by atoms with E-state index in [9.17, 15) is 19.5 Å². The third-order valence-corrected chi connectivity index (χ3v) is 6.24. The number of nitrogens with zero attached hydrogens (tertiary/aromatic N) is 5. The zero-order valence-electron chi connectivity index (χ0n) is 16.0. The van der Waals surface area contributed by atoms with Crippen LogP contribution >= 0.6 is 0 Å². The number of imidazole rings is 1. The minimum Gasteiger partial charge on any atom is -0.396 e. The Bertz CT molecular complexity index is 779. The molecular formula is C18H26N6O4. The molecule has 152 valence electrons. The largest absolute Gasteiger partial charge is 0.396 e. The zero-order valence-corrected chi connectivity index (χ0v) is 16.0. The van der Waals surface area contributed by atoms with Crippen LogP contribution < -0.4 is 5.32 Å². The van der Waals surface area contributed by atoms with Crippen LogP contribution in [0.25, 0.3) is 0 Å². The van der Waals surface area contributed by atoms with E-state index in [0.717, 1.165) is 30.4 Å². The monoisotopic (exact) mass is 390 g/mol.